The summed E-state index contributed by atoms with van der Waals surface area (Å²) in [4.78, 5) is 25.9. The van der Waals surface area contributed by atoms with Gasteiger partial charge in [-0.1, -0.05) is 25.0 Å². The number of hydrogen-bond acceptors (Lipinski definition) is 5. The standard InChI is InChI=1S/C24H26N2O5/c1-29-16-11-12-20(30-2)18(14-16)25-24(28)23-22(17-9-5-6-10-19(17)31-23)26-21(27)13-15-7-3-4-8-15/h5-6,9-12,14-15H,3-4,7-8,13H2,1-2H3,(H,25,28)(H,26,27). The van der Waals surface area contributed by atoms with E-state index in [2.05, 4.69) is 10.6 Å². The fourth-order valence-electron chi connectivity index (χ4n) is 4.09. The van der Waals surface area contributed by atoms with Gasteiger partial charge < -0.3 is 24.5 Å². The highest BCUT2D eigenvalue weighted by molar-refractivity contribution is 6.14. The van der Waals surface area contributed by atoms with Gasteiger partial charge in [0, 0.05) is 17.9 Å². The Morgan fingerprint density at radius 1 is 1.03 bits per heavy atom. The van der Waals surface area contributed by atoms with E-state index in [4.69, 9.17) is 13.9 Å². The Kier molecular flexibility index (Phi) is 6.11. The summed E-state index contributed by atoms with van der Waals surface area (Å²) in [6, 6.07) is 12.4. The molecule has 1 aliphatic carbocycles. The SMILES string of the molecule is COc1ccc(OC)c(NC(=O)c2oc3ccccc3c2NC(=O)CC2CCCC2)c1. The molecule has 1 aromatic heterocycles. The molecule has 1 saturated carbocycles. The molecule has 0 bridgehead atoms. The molecule has 7 nitrogen and oxygen atoms in total. The van der Waals surface area contributed by atoms with Crippen molar-refractivity contribution < 1.29 is 23.5 Å². The summed E-state index contributed by atoms with van der Waals surface area (Å²) in [5.41, 5.74) is 1.36. The average Bonchev–Trinajstić information content (AvgIpc) is 3.42. The lowest BCUT2D eigenvalue weighted by Gasteiger charge is -2.12. The zero-order valence-corrected chi connectivity index (χ0v) is 17.7. The minimum absolute atomic E-state index is 0.0471. The maximum absolute atomic E-state index is 13.1. The highest BCUT2D eigenvalue weighted by Gasteiger charge is 2.25. The van der Waals surface area contributed by atoms with E-state index in [-0.39, 0.29) is 11.7 Å². The number of ether oxygens (including phenoxy) is 2. The van der Waals surface area contributed by atoms with Gasteiger partial charge in [-0.2, -0.15) is 0 Å². The molecule has 1 fully saturated rings. The molecular formula is C24H26N2O5. The molecule has 0 aliphatic heterocycles. The topological polar surface area (TPSA) is 89.8 Å². The van der Waals surface area contributed by atoms with Gasteiger partial charge in [-0.3, -0.25) is 9.59 Å². The van der Waals surface area contributed by atoms with Crippen molar-refractivity contribution in [3.63, 3.8) is 0 Å². The van der Waals surface area contributed by atoms with Crippen molar-refractivity contribution in [2.24, 2.45) is 5.92 Å². The molecular weight excluding hydrogens is 396 g/mol. The first-order valence-electron chi connectivity index (χ1n) is 10.4. The number of methoxy groups -OCH3 is 2. The van der Waals surface area contributed by atoms with E-state index in [0.29, 0.717) is 46.2 Å². The van der Waals surface area contributed by atoms with Crippen LogP contribution in [0, 0.1) is 5.92 Å². The van der Waals surface area contributed by atoms with E-state index in [1.54, 1.807) is 31.4 Å². The second-order valence-corrected chi connectivity index (χ2v) is 7.73. The van der Waals surface area contributed by atoms with Gasteiger partial charge in [-0.25, -0.2) is 0 Å². The molecule has 2 aromatic carbocycles. The maximum atomic E-state index is 13.1. The first-order valence-corrected chi connectivity index (χ1v) is 10.4. The van der Waals surface area contributed by atoms with Crippen LogP contribution in [0.4, 0.5) is 11.4 Å². The number of carbonyl (C=O) groups excluding carboxylic acids is 2. The Bertz CT molecular complexity index is 1100. The molecule has 1 aliphatic rings. The van der Waals surface area contributed by atoms with Crippen LogP contribution in [0.1, 0.15) is 42.7 Å². The lowest BCUT2D eigenvalue weighted by atomic mass is 10.0. The number of para-hydroxylation sites is 1. The van der Waals surface area contributed by atoms with Crippen molar-refractivity contribution >= 4 is 34.2 Å². The third-order valence-corrected chi connectivity index (χ3v) is 5.67. The molecule has 7 heteroatoms. The van der Waals surface area contributed by atoms with Crippen molar-refractivity contribution in [1.82, 2.24) is 0 Å². The first-order chi connectivity index (χ1) is 15.1. The minimum atomic E-state index is -0.487. The largest absolute Gasteiger partial charge is 0.497 e. The van der Waals surface area contributed by atoms with Crippen LogP contribution in [-0.4, -0.2) is 26.0 Å². The van der Waals surface area contributed by atoms with Crippen LogP contribution in [0.25, 0.3) is 11.0 Å². The molecule has 4 rings (SSSR count). The lowest BCUT2D eigenvalue weighted by molar-refractivity contribution is -0.117. The number of fused-ring (bicyclic) bond motifs is 1. The van der Waals surface area contributed by atoms with Gasteiger partial charge in [0.1, 0.15) is 22.8 Å². The highest BCUT2D eigenvalue weighted by atomic mass is 16.5. The molecule has 31 heavy (non-hydrogen) atoms. The summed E-state index contributed by atoms with van der Waals surface area (Å²) in [5, 5.41) is 6.43. The average molecular weight is 422 g/mol. The van der Waals surface area contributed by atoms with Crippen molar-refractivity contribution in [3.05, 3.63) is 48.2 Å². The fourth-order valence-corrected chi connectivity index (χ4v) is 4.09. The summed E-state index contributed by atoms with van der Waals surface area (Å²) >= 11 is 0. The third kappa shape index (κ3) is 4.50. The number of rotatable bonds is 7. The van der Waals surface area contributed by atoms with E-state index >= 15 is 0 Å². The predicted octanol–water partition coefficient (Wildman–Crippen LogP) is 5.22. The number of nitrogens with one attached hydrogen (secondary N) is 2. The summed E-state index contributed by atoms with van der Waals surface area (Å²) in [7, 11) is 3.07. The molecule has 2 N–H and O–H groups in total. The molecule has 0 spiro atoms. The molecule has 0 saturated heterocycles. The van der Waals surface area contributed by atoms with Gasteiger partial charge in [0.25, 0.3) is 5.91 Å². The maximum Gasteiger partial charge on any atom is 0.293 e. The summed E-state index contributed by atoms with van der Waals surface area (Å²) < 4.78 is 16.4. The lowest BCUT2D eigenvalue weighted by Crippen LogP contribution is -2.19. The van der Waals surface area contributed by atoms with Crippen LogP contribution in [0.2, 0.25) is 0 Å². The molecule has 2 amide bonds. The van der Waals surface area contributed by atoms with E-state index in [0.717, 1.165) is 12.8 Å². The number of carbonyl (C=O) groups is 2. The highest BCUT2D eigenvalue weighted by Crippen LogP contribution is 2.35. The van der Waals surface area contributed by atoms with Crippen LogP contribution < -0.4 is 20.1 Å². The fraction of sp³-hybridized carbons (Fsp3) is 0.333. The summed E-state index contributed by atoms with van der Waals surface area (Å²) in [6.07, 6.45) is 4.93. The number of furan rings is 1. The van der Waals surface area contributed by atoms with Crippen molar-refractivity contribution in [2.45, 2.75) is 32.1 Å². The van der Waals surface area contributed by atoms with Crippen molar-refractivity contribution in [3.8, 4) is 11.5 Å². The van der Waals surface area contributed by atoms with Crippen LogP contribution in [0.5, 0.6) is 11.5 Å². The van der Waals surface area contributed by atoms with E-state index in [1.807, 2.05) is 18.2 Å². The molecule has 0 atom stereocenters. The van der Waals surface area contributed by atoms with E-state index in [1.165, 1.54) is 20.0 Å². The Balaban J connectivity index is 1.63. The Morgan fingerprint density at radius 2 is 1.81 bits per heavy atom. The van der Waals surface area contributed by atoms with Gasteiger partial charge in [-0.15, -0.1) is 0 Å². The minimum Gasteiger partial charge on any atom is -0.497 e. The molecule has 162 valence electrons. The molecule has 0 radical (unpaired) electrons. The van der Waals surface area contributed by atoms with Gasteiger partial charge in [0.2, 0.25) is 11.7 Å². The predicted molar refractivity (Wildman–Crippen MR) is 119 cm³/mol. The van der Waals surface area contributed by atoms with Crippen molar-refractivity contribution in [2.75, 3.05) is 24.9 Å². The quantitative estimate of drug-likeness (QED) is 0.545. The van der Waals surface area contributed by atoms with E-state index < -0.39 is 5.91 Å². The number of benzene rings is 2. The van der Waals surface area contributed by atoms with Crippen molar-refractivity contribution in [1.29, 1.82) is 0 Å². The Hall–Kier alpha value is -3.48. The third-order valence-electron chi connectivity index (χ3n) is 5.67. The number of hydrogen-bond donors (Lipinski definition) is 2. The van der Waals surface area contributed by atoms with E-state index in [9.17, 15) is 9.59 Å². The Morgan fingerprint density at radius 3 is 2.55 bits per heavy atom. The van der Waals surface area contributed by atoms with Gasteiger partial charge in [0.05, 0.1) is 19.9 Å². The summed E-state index contributed by atoms with van der Waals surface area (Å²) in [5.74, 6) is 0.913. The zero-order chi connectivity index (χ0) is 21.8. The molecule has 3 aromatic rings. The molecule has 1 heterocycles. The number of anilines is 2. The van der Waals surface area contributed by atoms with Crippen LogP contribution in [0.15, 0.2) is 46.9 Å². The van der Waals surface area contributed by atoms with Gasteiger partial charge in [0.15, 0.2) is 0 Å². The second-order valence-electron chi connectivity index (χ2n) is 7.73. The monoisotopic (exact) mass is 422 g/mol. The second kappa shape index (κ2) is 9.12. The van der Waals surface area contributed by atoms with Crippen LogP contribution >= 0.6 is 0 Å². The van der Waals surface area contributed by atoms with Crippen LogP contribution in [0.3, 0.4) is 0 Å². The normalized spacial score (nSPS) is 13.9. The zero-order valence-electron chi connectivity index (χ0n) is 17.7. The Labute approximate surface area is 180 Å². The smallest absolute Gasteiger partial charge is 0.293 e. The van der Waals surface area contributed by atoms with Crippen LogP contribution in [-0.2, 0) is 4.79 Å². The van der Waals surface area contributed by atoms with Gasteiger partial charge >= 0.3 is 0 Å². The first kappa shape index (κ1) is 20.8. The summed E-state index contributed by atoms with van der Waals surface area (Å²) in [6.45, 7) is 0. The molecule has 0 unspecified atom stereocenters. The van der Waals surface area contributed by atoms with Gasteiger partial charge in [-0.05, 0) is 43.0 Å². The number of amides is 2.